The third-order valence-electron chi connectivity index (χ3n) is 2.54. The van der Waals surface area contributed by atoms with Gasteiger partial charge in [0.25, 0.3) is 0 Å². The molecular weight excluding hydrogens is 230 g/mol. The first-order chi connectivity index (χ1) is 8.58. The summed E-state index contributed by atoms with van der Waals surface area (Å²) in [5.74, 6) is -0.372. The largest absolute Gasteiger partial charge is 0.465 e. The standard InChI is InChI=1S/C14H17NO3/c1-4-9-15(11(2)16)10-12-5-7-13(8-6-12)14(17)18-3/h4-8H,1,9-10H2,2-3H3. The van der Waals surface area contributed by atoms with Gasteiger partial charge in [-0.3, -0.25) is 4.79 Å². The van der Waals surface area contributed by atoms with Crippen LogP contribution in [0.5, 0.6) is 0 Å². The van der Waals surface area contributed by atoms with Gasteiger partial charge in [-0.15, -0.1) is 6.58 Å². The first-order valence-electron chi connectivity index (χ1n) is 5.62. The number of nitrogens with zero attached hydrogens (tertiary/aromatic N) is 1. The fraction of sp³-hybridized carbons (Fsp3) is 0.286. The lowest BCUT2D eigenvalue weighted by molar-refractivity contribution is -0.128. The summed E-state index contributed by atoms with van der Waals surface area (Å²) in [6, 6.07) is 7.00. The fourth-order valence-electron chi connectivity index (χ4n) is 1.54. The molecule has 1 amide bonds. The van der Waals surface area contributed by atoms with Crippen LogP contribution in [0.1, 0.15) is 22.8 Å². The normalized spacial score (nSPS) is 9.67. The highest BCUT2D eigenvalue weighted by Gasteiger charge is 2.09. The van der Waals surface area contributed by atoms with Crippen LogP contribution in [0.25, 0.3) is 0 Å². The first-order valence-corrected chi connectivity index (χ1v) is 5.62. The highest BCUT2D eigenvalue weighted by molar-refractivity contribution is 5.89. The number of esters is 1. The average Bonchev–Trinajstić information content (AvgIpc) is 2.38. The predicted molar refractivity (Wildman–Crippen MR) is 69.1 cm³/mol. The molecule has 1 rings (SSSR count). The third-order valence-corrected chi connectivity index (χ3v) is 2.54. The molecule has 0 heterocycles. The summed E-state index contributed by atoms with van der Waals surface area (Å²) in [4.78, 5) is 24.3. The molecule has 1 aromatic carbocycles. The molecule has 96 valence electrons. The van der Waals surface area contributed by atoms with Crippen molar-refractivity contribution < 1.29 is 14.3 Å². The Morgan fingerprint density at radius 1 is 1.33 bits per heavy atom. The smallest absolute Gasteiger partial charge is 0.337 e. The van der Waals surface area contributed by atoms with E-state index in [0.717, 1.165) is 5.56 Å². The van der Waals surface area contributed by atoms with Crippen molar-refractivity contribution in [2.24, 2.45) is 0 Å². The Hall–Kier alpha value is -2.10. The van der Waals surface area contributed by atoms with E-state index in [9.17, 15) is 9.59 Å². The van der Waals surface area contributed by atoms with E-state index in [4.69, 9.17) is 0 Å². The van der Waals surface area contributed by atoms with Gasteiger partial charge in [0.05, 0.1) is 12.7 Å². The lowest BCUT2D eigenvalue weighted by atomic mass is 10.1. The van der Waals surface area contributed by atoms with Gasteiger partial charge in [0.2, 0.25) is 5.91 Å². The van der Waals surface area contributed by atoms with Crippen molar-refractivity contribution in [2.75, 3.05) is 13.7 Å². The molecule has 0 fully saturated rings. The van der Waals surface area contributed by atoms with E-state index < -0.39 is 0 Å². The minimum atomic E-state index is -0.365. The first kappa shape index (κ1) is 14.0. The Labute approximate surface area is 107 Å². The van der Waals surface area contributed by atoms with E-state index in [-0.39, 0.29) is 11.9 Å². The van der Waals surface area contributed by atoms with Crippen molar-refractivity contribution in [1.29, 1.82) is 0 Å². The molecule has 0 aliphatic rings. The number of hydrogen-bond acceptors (Lipinski definition) is 3. The maximum atomic E-state index is 11.4. The summed E-state index contributed by atoms with van der Waals surface area (Å²) < 4.78 is 4.62. The van der Waals surface area contributed by atoms with Crippen molar-refractivity contribution in [2.45, 2.75) is 13.5 Å². The molecule has 4 nitrogen and oxygen atoms in total. The van der Waals surface area contributed by atoms with Crippen LogP contribution in [0.15, 0.2) is 36.9 Å². The van der Waals surface area contributed by atoms with Crippen LogP contribution in [0, 0.1) is 0 Å². The van der Waals surface area contributed by atoms with Crippen molar-refractivity contribution in [3.63, 3.8) is 0 Å². The number of hydrogen-bond donors (Lipinski definition) is 0. The Balaban J connectivity index is 2.76. The van der Waals surface area contributed by atoms with E-state index in [0.29, 0.717) is 18.7 Å². The molecule has 0 radical (unpaired) electrons. The molecular formula is C14H17NO3. The number of carbonyl (C=O) groups is 2. The van der Waals surface area contributed by atoms with Gasteiger partial charge in [-0.25, -0.2) is 4.79 Å². The maximum Gasteiger partial charge on any atom is 0.337 e. The van der Waals surface area contributed by atoms with Crippen molar-refractivity contribution in [3.05, 3.63) is 48.0 Å². The second-order valence-corrected chi connectivity index (χ2v) is 3.88. The molecule has 0 bridgehead atoms. The minimum absolute atomic E-state index is 0.00746. The fourth-order valence-corrected chi connectivity index (χ4v) is 1.54. The number of amides is 1. The van der Waals surface area contributed by atoms with E-state index in [1.807, 2.05) is 12.1 Å². The molecule has 0 saturated heterocycles. The van der Waals surface area contributed by atoms with Crippen LogP contribution in [-0.2, 0) is 16.1 Å². The van der Waals surface area contributed by atoms with E-state index >= 15 is 0 Å². The van der Waals surface area contributed by atoms with Gasteiger partial charge < -0.3 is 9.64 Å². The topological polar surface area (TPSA) is 46.6 Å². The summed E-state index contributed by atoms with van der Waals surface area (Å²) in [6.45, 7) is 6.15. The zero-order valence-corrected chi connectivity index (χ0v) is 10.7. The molecule has 0 unspecified atom stereocenters. The quantitative estimate of drug-likeness (QED) is 0.590. The SMILES string of the molecule is C=CCN(Cc1ccc(C(=O)OC)cc1)C(C)=O. The van der Waals surface area contributed by atoms with Crippen molar-refractivity contribution in [3.8, 4) is 0 Å². The molecule has 4 heteroatoms. The maximum absolute atomic E-state index is 11.4. The van der Waals surface area contributed by atoms with E-state index in [1.165, 1.54) is 14.0 Å². The third kappa shape index (κ3) is 3.73. The molecule has 0 atom stereocenters. The molecule has 0 N–H and O–H groups in total. The van der Waals surface area contributed by atoms with Crippen LogP contribution >= 0.6 is 0 Å². The number of ether oxygens (including phenoxy) is 1. The highest BCUT2D eigenvalue weighted by Crippen LogP contribution is 2.09. The zero-order chi connectivity index (χ0) is 13.5. The molecule has 0 saturated carbocycles. The number of carbonyl (C=O) groups excluding carboxylic acids is 2. The van der Waals surface area contributed by atoms with Crippen molar-refractivity contribution >= 4 is 11.9 Å². The summed E-state index contributed by atoms with van der Waals surface area (Å²) >= 11 is 0. The lowest BCUT2D eigenvalue weighted by Crippen LogP contribution is -2.28. The Morgan fingerprint density at radius 3 is 2.39 bits per heavy atom. The average molecular weight is 247 g/mol. The zero-order valence-electron chi connectivity index (χ0n) is 10.7. The molecule has 18 heavy (non-hydrogen) atoms. The van der Waals surface area contributed by atoms with Gasteiger partial charge in [-0.1, -0.05) is 18.2 Å². The Morgan fingerprint density at radius 2 is 1.94 bits per heavy atom. The van der Waals surface area contributed by atoms with Gasteiger partial charge in [-0.2, -0.15) is 0 Å². The van der Waals surface area contributed by atoms with Crippen molar-refractivity contribution in [1.82, 2.24) is 4.90 Å². The van der Waals surface area contributed by atoms with Gasteiger partial charge in [-0.05, 0) is 17.7 Å². The van der Waals surface area contributed by atoms with Crippen LogP contribution in [-0.4, -0.2) is 30.4 Å². The summed E-state index contributed by atoms with van der Waals surface area (Å²) in [5, 5.41) is 0. The Bertz CT molecular complexity index is 437. The van der Waals surface area contributed by atoms with Crippen LogP contribution in [0.3, 0.4) is 0 Å². The predicted octanol–water partition coefficient (Wildman–Crippen LogP) is 2.01. The number of rotatable bonds is 5. The van der Waals surface area contributed by atoms with Crippen LogP contribution < -0.4 is 0 Å². The van der Waals surface area contributed by atoms with Crippen LogP contribution in [0.2, 0.25) is 0 Å². The van der Waals surface area contributed by atoms with Gasteiger partial charge in [0.1, 0.15) is 0 Å². The van der Waals surface area contributed by atoms with Gasteiger partial charge >= 0.3 is 5.97 Å². The second kappa shape index (κ2) is 6.59. The molecule has 0 aromatic heterocycles. The minimum Gasteiger partial charge on any atom is -0.465 e. The van der Waals surface area contributed by atoms with E-state index in [1.54, 1.807) is 23.1 Å². The summed E-state index contributed by atoms with van der Waals surface area (Å²) in [5.41, 5.74) is 1.46. The Kier molecular flexibility index (Phi) is 5.11. The number of benzene rings is 1. The molecule has 0 spiro atoms. The molecule has 0 aliphatic heterocycles. The lowest BCUT2D eigenvalue weighted by Gasteiger charge is -2.19. The number of methoxy groups -OCH3 is 1. The monoisotopic (exact) mass is 247 g/mol. The van der Waals surface area contributed by atoms with E-state index in [2.05, 4.69) is 11.3 Å². The van der Waals surface area contributed by atoms with Gasteiger partial charge in [0.15, 0.2) is 0 Å². The van der Waals surface area contributed by atoms with Crippen LogP contribution in [0.4, 0.5) is 0 Å². The molecule has 1 aromatic rings. The van der Waals surface area contributed by atoms with Gasteiger partial charge in [0, 0.05) is 20.0 Å². The molecule has 0 aliphatic carbocycles. The summed E-state index contributed by atoms with van der Waals surface area (Å²) in [6.07, 6.45) is 1.68. The summed E-state index contributed by atoms with van der Waals surface area (Å²) in [7, 11) is 1.35. The second-order valence-electron chi connectivity index (χ2n) is 3.88. The highest BCUT2D eigenvalue weighted by atomic mass is 16.5.